The highest BCUT2D eigenvalue weighted by Crippen LogP contribution is 2.20. The van der Waals surface area contributed by atoms with Crippen LogP contribution < -0.4 is 16.0 Å². The number of nitrogens with zero attached hydrogens (tertiary/aromatic N) is 3. The molecule has 0 bridgehead atoms. The first-order chi connectivity index (χ1) is 13.6. The van der Waals surface area contributed by atoms with Crippen LogP contribution in [0.3, 0.4) is 0 Å². The summed E-state index contributed by atoms with van der Waals surface area (Å²) in [4.78, 5) is 19.1. The number of amides is 1. The summed E-state index contributed by atoms with van der Waals surface area (Å²) in [7, 11) is 0. The maximum atomic E-state index is 12.5. The Morgan fingerprint density at radius 1 is 1.11 bits per heavy atom. The Balaban J connectivity index is 1.65. The van der Waals surface area contributed by atoms with Gasteiger partial charge in [0.1, 0.15) is 5.82 Å². The molecule has 0 aliphatic heterocycles. The SMILES string of the molecule is CCCN(CC)c1ccc(C(=O)Nc2ccc(-c3n[nH]c(CN)n3)cc2)cc1. The molecule has 28 heavy (non-hydrogen) atoms. The molecule has 1 heterocycles. The van der Waals surface area contributed by atoms with Crippen molar-refractivity contribution in [3.63, 3.8) is 0 Å². The predicted molar refractivity (Wildman–Crippen MR) is 112 cm³/mol. The van der Waals surface area contributed by atoms with Gasteiger partial charge in [-0.05, 0) is 61.9 Å². The fourth-order valence-electron chi connectivity index (χ4n) is 2.98. The van der Waals surface area contributed by atoms with E-state index in [2.05, 4.69) is 39.2 Å². The highest BCUT2D eigenvalue weighted by Gasteiger charge is 2.09. The van der Waals surface area contributed by atoms with Crippen LogP contribution in [0.5, 0.6) is 0 Å². The van der Waals surface area contributed by atoms with Crippen molar-refractivity contribution in [2.75, 3.05) is 23.3 Å². The van der Waals surface area contributed by atoms with Crippen LogP contribution in [0.1, 0.15) is 36.5 Å². The lowest BCUT2D eigenvalue weighted by atomic mass is 10.1. The van der Waals surface area contributed by atoms with E-state index in [0.717, 1.165) is 30.8 Å². The zero-order chi connectivity index (χ0) is 19.9. The van der Waals surface area contributed by atoms with Gasteiger partial charge in [0.2, 0.25) is 0 Å². The number of nitrogens with two attached hydrogens (primary N) is 1. The van der Waals surface area contributed by atoms with E-state index in [1.54, 1.807) is 0 Å². The van der Waals surface area contributed by atoms with Gasteiger partial charge in [-0.3, -0.25) is 9.89 Å². The van der Waals surface area contributed by atoms with E-state index in [1.165, 1.54) is 0 Å². The molecule has 1 aromatic heterocycles. The largest absolute Gasteiger partial charge is 0.372 e. The van der Waals surface area contributed by atoms with Crippen LogP contribution in [0.25, 0.3) is 11.4 Å². The van der Waals surface area contributed by atoms with Crippen molar-refractivity contribution in [2.45, 2.75) is 26.8 Å². The lowest BCUT2D eigenvalue weighted by Crippen LogP contribution is -2.23. The number of aromatic amines is 1. The van der Waals surface area contributed by atoms with Crippen molar-refractivity contribution in [3.05, 3.63) is 59.9 Å². The van der Waals surface area contributed by atoms with Crippen molar-refractivity contribution in [2.24, 2.45) is 5.73 Å². The maximum Gasteiger partial charge on any atom is 0.255 e. The highest BCUT2D eigenvalue weighted by atomic mass is 16.1. The molecule has 0 fully saturated rings. The molecule has 4 N–H and O–H groups in total. The van der Waals surface area contributed by atoms with E-state index >= 15 is 0 Å². The number of aromatic nitrogens is 3. The summed E-state index contributed by atoms with van der Waals surface area (Å²) in [5, 5.41) is 9.84. The van der Waals surface area contributed by atoms with Crippen LogP contribution in [0.4, 0.5) is 11.4 Å². The Morgan fingerprint density at radius 3 is 2.39 bits per heavy atom. The normalized spacial score (nSPS) is 10.7. The molecule has 3 rings (SSSR count). The molecule has 0 unspecified atom stereocenters. The van der Waals surface area contributed by atoms with Crippen molar-refractivity contribution in [3.8, 4) is 11.4 Å². The fourth-order valence-corrected chi connectivity index (χ4v) is 2.98. The van der Waals surface area contributed by atoms with E-state index in [9.17, 15) is 4.79 Å². The molecule has 0 saturated heterocycles. The zero-order valence-corrected chi connectivity index (χ0v) is 16.3. The lowest BCUT2D eigenvalue weighted by molar-refractivity contribution is 0.102. The van der Waals surface area contributed by atoms with Gasteiger partial charge in [-0.15, -0.1) is 0 Å². The van der Waals surface area contributed by atoms with E-state index in [1.807, 2.05) is 48.5 Å². The Kier molecular flexibility index (Phi) is 6.39. The first kappa shape index (κ1) is 19.6. The third kappa shape index (κ3) is 4.55. The number of nitrogens with one attached hydrogen (secondary N) is 2. The van der Waals surface area contributed by atoms with E-state index in [0.29, 0.717) is 29.4 Å². The number of rotatable bonds is 8. The summed E-state index contributed by atoms with van der Waals surface area (Å²) in [5.74, 6) is 1.08. The average Bonchev–Trinajstić information content (AvgIpc) is 3.22. The van der Waals surface area contributed by atoms with Crippen molar-refractivity contribution in [1.82, 2.24) is 15.2 Å². The Hall–Kier alpha value is -3.19. The Bertz CT molecular complexity index is 901. The predicted octanol–water partition coefficient (Wildman–Crippen LogP) is 3.42. The molecule has 7 heteroatoms. The Morgan fingerprint density at radius 2 is 1.82 bits per heavy atom. The standard InChI is InChI=1S/C21H26N6O/c1-3-13-27(4-2)18-11-7-16(8-12-18)21(28)23-17-9-5-15(6-10-17)20-24-19(14-22)25-26-20/h5-12H,3-4,13-14,22H2,1-2H3,(H,23,28)(H,24,25,26). The summed E-state index contributed by atoms with van der Waals surface area (Å²) >= 11 is 0. The van der Waals surface area contributed by atoms with E-state index in [-0.39, 0.29) is 5.91 Å². The van der Waals surface area contributed by atoms with Gasteiger partial charge >= 0.3 is 0 Å². The Labute approximate surface area is 165 Å². The van der Waals surface area contributed by atoms with Crippen LogP contribution in [0.2, 0.25) is 0 Å². The van der Waals surface area contributed by atoms with E-state index < -0.39 is 0 Å². The smallest absolute Gasteiger partial charge is 0.255 e. The van der Waals surface area contributed by atoms with Gasteiger partial charge in [0, 0.05) is 35.6 Å². The molecule has 0 atom stereocenters. The first-order valence-electron chi connectivity index (χ1n) is 9.52. The molecule has 2 aromatic carbocycles. The zero-order valence-electron chi connectivity index (χ0n) is 16.3. The molecule has 1 amide bonds. The third-order valence-electron chi connectivity index (χ3n) is 4.50. The van der Waals surface area contributed by atoms with Gasteiger partial charge in [-0.25, -0.2) is 4.98 Å². The maximum absolute atomic E-state index is 12.5. The van der Waals surface area contributed by atoms with Crippen molar-refractivity contribution < 1.29 is 4.79 Å². The number of benzene rings is 2. The summed E-state index contributed by atoms with van der Waals surface area (Å²) < 4.78 is 0. The number of carbonyl (C=O) groups is 1. The average molecular weight is 378 g/mol. The topological polar surface area (TPSA) is 99.9 Å². The molecule has 146 valence electrons. The second-order valence-electron chi connectivity index (χ2n) is 6.47. The number of anilines is 2. The molecule has 0 aliphatic carbocycles. The van der Waals surface area contributed by atoms with Gasteiger partial charge in [-0.2, -0.15) is 5.10 Å². The van der Waals surface area contributed by atoms with Gasteiger partial charge < -0.3 is 16.0 Å². The van der Waals surface area contributed by atoms with Crippen LogP contribution in [0.15, 0.2) is 48.5 Å². The number of H-pyrrole nitrogens is 1. The lowest BCUT2D eigenvalue weighted by Gasteiger charge is -2.22. The van der Waals surface area contributed by atoms with Crippen LogP contribution in [-0.2, 0) is 6.54 Å². The van der Waals surface area contributed by atoms with Crippen molar-refractivity contribution in [1.29, 1.82) is 0 Å². The number of hydrogen-bond acceptors (Lipinski definition) is 5. The van der Waals surface area contributed by atoms with E-state index in [4.69, 9.17) is 5.73 Å². The van der Waals surface area contributed by atoms with Crippen LogP contribution in [-0.4, -0.2) is 34.2 Å². The monoisotopic (exact) mass is 378 g/mol. The molecular formula is C21H26N6O. The second kappa shape index (κ2) is 9.14. The summed E-state index contributed by atoms with van der Waals surface area (Å²) in [6.45, 7) is 6.56. The van der Waals surface area contributed by atoms with Crippen LogP contribution in [0, 0.1) is 0 Å². The van der Waals surface area contributed by atoms with Crippen molar-refractivity contribution >= 4 is 17.3 Å². The van der Waals surface area contributed by atoms with Gasteiger partial charge in [0.05, 0.1) is 6.54 Å². The molecule has 3 aromatic rings. The second-order valence-corrected chi connectivity index (χ2v) is 6.47. The minimum Gasteiger partial charge on any atom is -0.372 e. The molecule has 0 saturated carbocycles. The first-order valence-corrected chi connectivity index (χ1v) is 9.52. The molecule has 0 aliphatic rings. The minimum absolute atomic E-state index is 0.138. The fraction of sp³-hybridized carbons (Fsp3) is 0.286. The number of carbonyl (C=O) groups excluding carboxylic acids is 1. The summed E-state index contributed by atoms with van der Waals surface area (Å²) in [6.07, 6.45) is 1.09. The van der Waals surface area contributed by atoms with Crippen LogP contribution >= 0.6 is 0 Å². The van der Waals surface area contributed by atoms with Gasteiger partial charge in [0.15, 0.2) is 5.82 Å². The molecule has 0 spiro atoms. The third-order valence-corrected chi connectivity index (χ3v) is 4.50. The quantitative estimate of drug-likeness (QED) is 0.558. The highest BCUT2D eigenvalue weighted by molar-refractivity contribution is 6.04. The summed E-state index contributed by atoms with van der Waals surface area (Å²) in [6, 6.07) is 15.1. The van der Waals surface area contributed by atoms with Gasteiger partial charge in [0.25, 0.3) is 5.91 Å². The molecule has 0 radical (unpaired) electrons. The van der Waals surface area contributed by atoms with Gasteiger partial charge in [-0.1, -0.05) is 6.92 Å². The minimum atomic E-state index is -0.138. The molecule has 7 nitrogen and oxygen atoms in total. The number of hydrogen-bond donors (Lipinski definition) is 3. The molecular weight excluding hydrogens is 352 g/mol. The summed E-state index contributed by atoms with van der Waals surface area (Å²) in [5.41, 5.74) is 8.87.